The van der Waals surface area contributed by atoms with Crippen LogP contribution >= 0.6 is 27.3 Å². The molecule has 0 saturated heterocycles. The normalized spacial score (nSPS) is 13.5. The molecule has 0 aliphatic carbocycles. The van der Waals surface area contributed by atoms with Gasteiger partial charge in [0.25, 0.3) is 0 Å². The van der Waals surface area contributed by atoms with Crippen LogP contribution < -0.4 is 0 Å². The molecule has 0 radical (unpaired) electrons. The van der Waals surface area contributed by atoms with E-state index in [0.29, 0.717) is 5.33 Å². The van der Waals surface area contributed by atoms with E-state index in [1.807, 2.05) is 18.4 Å². The van der Waals surface area contributed by atoms with Gasteiger partial charge in [-0.3, -0.25) is 0 Å². The standard InChI is InChI=1S/C7H9BrOS/c1-5-2-3-10-7(5)6(9)4-8/h2-3,6,9H,4H2,1H3/t6-/m0/s1. The molecular formula is C7H9BrOS. The molecule has 3 heteroatoms. The topological polar surface area (TPSA) is 20.2 Å². The van der Waals surface area contributed by atoms with E-state index < -0.39 is 0 Å². The van der Waals surface area contributed by atoms with E-state index in [2.05, 4.69) is 15.9 Å². The van der Waals surface area contributed by atoms with Crippen LogP contribution in [0.4, 0.5) is 0 Å². The average molecular weight is 221 g/mol. The first kappa shape index (κ1) is 8.24. The number of alkyl halides is 1. The molecule has 1 heterocycles. The Morgan fingerprint density at radius 2 is 2.50 bits per heavy atom. The second-order valence-corrected chi connectivity index (χ2v) is 3.73. The lowest BCUT2D eigenvalue weighted by atomic mass is 10.2. The number of thiophene rings is 1. The lowest BCUT2D eigenvalue weighted by molar-refractivity contribution is 0.208. The molecule has 1 rings (SSSR count). The van der Waals surface area contributed by atoms with Crippen molar-refractivity contribution in [2.45, 2.75) is 13.0 Å². The molecule has 1 atom stereocenters. The molecule has 0 fully saturated rings. The first-order chi connectivity index (χ1) is 4.75. The summed E-state index contributed by atoms with van der Waals surface area (Å²) in [6, 6.07) is 2.02. The molecule has 0 aliphatic heterocycles. The fourth-order valence-electron chi connectivity index (χ4n) is 0.796. The third-order valence-electron chi connectivity index (χ3n) is 1.35. The van der Waals surface area contributed by atoms with Crippen molar-refractivity contribution in [2.75, 3.05) is 5.33 Å². The third-order valence-corrected chi connectivity index (χ3v) is 3.08. The molecular weight excluding hydrogens is 212 g/mol. The van der Waals surface area contributed by atoms with Gasteiger partial charge < -0.3 is 5.11 Å². The maximum Gasteiger partial charge on any atom is 0.0981 e. The Morgan fingerprint density at radius 3 is 2.90 bits per heavy atom. The highest BCUT2D eigenvalue weighted by Gasteiger charge is 2.08. The summed E-state index contributed by atoms with van der Waals surface area (Å²) in [4.78, 5) is 1.07. The minimum atomic E-state index is -0.333. The van der Waals surface area contributed by atoms with E-state index >= 15 is 0 Å². The molecule has 10 heavy (non-hydrogen) atoms. The van der Waals surface area contributed by atoms with Crippen LogP contribution in [0.5, 0.6) is 0 Å². The van der Waals surface area contributed by atoms with E-state index in [1.165, 1.54) is 5.56 Å². The highest BCUT2D eigenvalue weighted by Crippen LogP contribution is 2.24. The molecule has 1 aromatic rings. The van der Waals surface area contributed by atoms with Crippen molar-refractivity contribution >= 4 is 27.3 Å². The maximum atomic E-state index is 9.36. The second-order valence-electron chi connectivity index (χ2n) is 2.14. The summed E-state index contributed by atoms with van der Waals surface area (Å²) in [5.74, 6) is 0. The summed E-state index contributed by atoms with van der Waals surface area (Å²) < 4.78 is 0. The zero-order chi connectivity index (χ0) is 7.56. The van der Waals surface area contributed by atoms with Gasteiger partial charge >= 0.3 is 0 Å². The van der Waals surface area contributed by atoms with Crippen molar-refractivity contribution in [1.82, 2.24) is 0 Å². The number of hydrogen-bond acceptors (Lipinski definition) is 2. The Labute approximate surface area is 72.8 Å². The van der Waals surface area contributed by atoms with Gasteiger partial charge in [0.2, 0.25) is 0 Å². The van der Waals surface area contributed by atoms with E-state index in [1.54, 1.807) is 11.3 Å². The van der Waals surface area contributed by atoms with Crippen molar-refractivity contribution in [2.24, 2.45) is 0 Å². The minimum Gasteiger partial charge on any atom is -0.387 e. The van der Waals surface area contributed by atoms with Crippen molar-refractivity contribution in [3.05, 3.63) is 21.9 Å². The number of rotatable bonds is 2. The van der Waals surface area contributed by atoms with Crippen molar-refractivity contribution in [3.8, 4) is 0 Å². The van der Waals surface area contributed by atoms with Crippen molar-refractivity contribution in [3.63, 3.8) is 0 Å². The first-order valence-electron chi connectivity index (χ1n) is 3.03. The van der Waals surface area contributed by atoms with E-state index in [0.717, 1.165) is 4.88 Å². The Kier molecular flexibility index (Phi) is 2.89. The molecule has 1 nitrogen and oxygen atoms in total. The van der Waals surface area contributed by atoms with Crippen LogP contribution in [0.2, 0.25) is 0 Å². The van der Waals surface area contributed by atoms with Gasteiger partial charge in [-0.2, -0.15) is 0 Å². The smallest absolute Gasteiger partial charge is 0.0981 e. The van der Waals surface area contributed by atoms with Gasteiger partial charge in [-0.05, 0) is 23.9 Å². The average Bonchev–Trinajstić information content (AvgIpc) is 2.34. The van der Waals surface area contributed by atoms with Crippen LogP contribution in [0, 0.1) is 6.92 Å². The van der Waals surface area contributed by atoms with Gasteiger partial charge in [0.05, 0.1) is 6.10 Å². The lowest BCUT2D eigenvalue weighted by Gasteiger charge is -2.03. The molecule has 1 aromatic heterocycles. The quantitative estimate of drug-likeness (QED) is 0.760. The fraction of sp³-hybridized carbons (Fsp3) is 0.429. The minimum absolute atomic E-state index is 0.333. The molecule has 1 N–H and O–H groups in total. The summed E-state index contributed by atoms with van der Waals surface area (Å²) in [7, 11) is 0. The number of hydrogen-bond donors (Lipinski definition) is 1. The molecule has 0 unspecified atom stereocenters. The van der Waals surface area contributed by atoms with Crippen molar-refractivity contribution < 1.29 is 5.11 Å². The summed E-state index contributed by atoms with van der Waals surface area (Å²) in [5, 5.41) is 12.0. The van der Waals surface area contributed by atoms with Crippen LogP contribution in [0.3, 0.4) is 0 Å². The Hall–Kier alpha value is 0.140. The fourth-order valence-corrected chi connectivity index (χ4v) is 2.25. The monoisotopic (exact) mass is 220 g/mol. The Morgan fingerprint density at radius 1 is 1.80 bits per heavy atom. The van der Waals surface area contributed by atoms with Gasteiger partial charge in [-0.1, -0.05) is 15.9 Å². The number of halogens is 1. The van der Waals surface area contributed by atoms with E-state index in [4.69, 9.17) is 0 Å². The zero-order valence-corrected chi connectivity index (χ0v) is 8.08. The first-order valence-corrected chi connectivity index (χ1v) is 5.04. The highest BCUT2D eigenvalue weighted by molar-refractivity contribution is 9.09. The summed E-state index contributed by atoms with van der Waals surface area (Å²) in [6.07, 6.45) is -0.333. The number of aryl methyl sites for hydroxylation is 1. The van der Waals surface area contributed by atoms with Gasteiger partial charge in [0.1, 0.15) is 0 Å². The van der Waals surface area contributed by atoms with Crippen LogP contribution in [0.1, 0.15) is 16.5 Å². The maximum absolute atomic E-state index is 9.36. The van der Waals surface area contributed by atoms with Crippen LogP contribution in [0.15, 0.2) is 11.4 Å². The molecule has 0 aliphatic rings. The van der Waals surface area contributed by atoms with Crippen LogP contribution in [0.25, 0.3) is 0 Å². The lowest BCUT2D eigenvalue weighted by Crippen LogP contribution is -1.96. The molecule has 0 bridgehead atoms. The summed E-state index contributed by atoms with van der Waals surface area (Å²) in [5.41, 5.74) is 1.18. The highest BCUT2D eigenvalue weighted by atomic mass is 79.9. The third kappa shape index (κ3) is 1.59. The van der Waals surface area contributed by atoms with Gasteiger partial charge in [0.15, 0.2) is 0 Å². The second kappa shape index (κ2) is 3.51. The van der Waals surface area contributed by atoms with E-state index in [-0.39, 0.29) is 6.10 Å². The van der Waals surface area contributed by atoms with Crippen LogP contribution in [-0.2, 0) is 0 Å². The van der Waals surface area contributed by atoms with Crippen LogP contribution in [-0.4, -0.2) is 10.4 Å². The molecule has 0 amide bonds. The van der Waals surface area contributed by atoms with Gasteiger partial charge in [0, 0.05) is 10.2 Å². The SMILES string of the molecule is Cc1ccsc1[C@@H](O)CBr. The molecule has 0 spiro atoms. The largest absolute Gasteiger partial charge is 0.387 e. The Balaban J connectivity index is 2.82. The van der Waals surface area contributed by atoms with Gasteiger partial charge in [-0.25, -0.2) is 0 Å². The zero-order valence-electron chi connectivity index (χ0n) is 5.67. The number of aliphatic hydroxyl groups is 1. The predicted molar refractivity (Wildman–Crippen MR) is 47.8 cm³/mol. The molecule has 56 valence electrons. The molecule has 0 saturated carbocycles. The predicted octanol–water partition coefficient (Wildman–Crippen LogP) is 2.48. The summed E-state index contributed by atoms with van der Waals surface area (Å²) in [6.45, 7) is 2.01. The van der Waals surface area contributed by atoms with Gasteiger partial charge in [-0.15, -0.1) is 11.3 Å². The summed E-state index contributed by atoms with van der Waals surface area (Å²) >= 11 is 4.83. The van der Waals surface area contributed by atoms with Crippen molar-refractivity contribution in [1.29, 1.82) is 0 Å². The number of aliphatic hydroxyl groups excluding tert-OH is 1. The van der Waals surface area contributed by atoms with E-state index in [9.17, 15) is 5.11 Å². The Bertz CT molecular complexity index is 209. The molecule has 0 aromatic carbocycles.